The van der Waals surface area contributed by atoms with E-state index in [0.29, 0.717) is 12.5 Å². The molecule has 1 aliphatic rings. The summed E-state index contributed by atoms with van der Waals surface area (Å²) >= 11 is 0. The van der Waals surface area contributed by atoms with Crippen LogP contribution < -0.4 is 5.73 Å². The van der Waals surface area contributed by atoms with Crippen LogP contribution in [0.25, 0.3) is 0 Å². The molecule has 18 heavy (non-hydrogen) atoms. The number of hydrogen-bond donors (Lipinski definition) is 1. The fourth-order valence-corrected chi connectivity index (χ4v) is 2.66. The van der Waals surface area contributed by atoms with Crippen LogP contribution in [0.3, 0.4) is 0 Å². The fourth-order valence-electron chi connectivity index (χ4n) is 2.66. The van der Waals surface area contributed by atoms with Crippen LogP contribution in [0.15, 0.2) is 0 Å². The topological polar surface area (TPSA) is 52.3 Å². The Kier molecular flexibility index (Phi) is 8.06. The van der Waals surface area contributed by atoms with Gasteiger partial charge in [0.05, 0.1) is 6.61 Å². The number of nitrogens with two attached hydrogens (primary N) is 1. The zero-order valence-electron chi connectivity index (χ0n) is 11.8. The van der Waals surface area contributed by atoms with Gasteiger partial charge in [-0.1, -0.05) is 51.9 Å². The molecule has 0 saturated heterocycles. The quantitative estimate of drug-likeness (QED) is 0.534. The summed E-state index contributed by atoms with van der Waals surface area (Å²) in [5.74, 6) is 0.170. The van der Waals surface area contributed by atoms with Gasteiger partial charge in [-0.2, -0.15) is 0 Å². The maximum absolute atomic E-state index is 11.8. The van der Waals surface area contributed by atoms with Crippen LogP contribution in [0.1, 0.15) is 71.1 Å². The molecule has 1 unspecified atom stereocenters. The summed E-state index contributed by atoms with van der Waals surface area (Å²) in [6.45, 7) is 2.74. The molecule has 2 N–H and O–H groups in total. The van der Waals surface area contributed by atoms with Crippen LogP contribution in [0.4, 0.5) is 0 Å². The van der Waals surface area contributed by atoms with Crippen LogP contribution in [-0.4, -0.2) is 18.6 Å². The Balaban J connectivity index is 2.07. The van der Waals surface area contributed by atoms with E-state index in [4.69, 9.17) is 10.5 Å². The van der Waals surface area contributed by atoms with Crippen LogP contribution in [0, 0.1) is 5.92 Å². The first-order valence-electron chi connectivity index (χ1n) is 7.68. The molecule has 1 saturated carbocycles. The molecule has 0 amide bonds. The minimum atomic E-state index is -0.388. The highest BCUT2D eigenvalue weighted by Gasteiger charge is 2.27. The third-order valence-corrected chi connectivity index (χ3v) is 3.92. The van der Waals surface area contributed by atoms with Gasteiger partial charge in [0.25, 0.3) is 0 Å². The normalized spacial score (nSPS) is 18.6. The average molecular weight is 255 g/mol. The van der Waals surface area contributed by atoms with Crippen LogP contribution in [0.2, 0.25) is 0 Å². The van der Waals surface area contributed by atoms with Crippen molar-refractivity contribution < 1.29 is 9.53 Å². The number of unbranched alkanes of at least 4 members (excludes halogenated alkanes) is 4. The van der Waals surface area contributed by atoms with Crippen LogP contribution >= 0.6 is 0 Å². The molecule has 1 fully saturated rings. The minimum absolute atomic E-state index is 0.183. The molecule has 1 aliphatic carbocycles. The number of esters is 1. The molecule has 0 aliphatic heterocycles. The molecule has 1 atom stereocenters. The lowest BCUT2D eigenvalue weighted by Crippen LogP contribution is -2.40. The van der Waals surface area contributed by atoms with E-state index in [2.05, 4.69) is 6.92 Å². The van der Waals surface area contributed by atoms with Crippen molar-refractivity contribution in [3.63, 3.8) is 0 Å². The first-order valence-corrected chi connectivity index (χ1v) is 7.68. The Morgan fingerprint density at radius 2 is 1.83 bits per heavy atom. The van der Waals surface area contributed by atoms with Crippen molar-refractivity contribution in [2.45, 2.75) is 77.2 Å². The fraction of sp³-hybridized carbons (Fsp3) is 0.933. The number of carbonyl (C=O) groups is 1. The largest absolute Gasteiger partial charge is 0.465 e. The third kappa shape index (κ3) is 5.85. The zero-order chi connectivity index (χ0) is 13.2. The molecule has 0 aromatic heterocycles. The summed E-state index contributed by atoms with van der Waals surface area (Å²) in [6.07, 6.45) is 11.8. The van der Waals surface area contributed by atoms with Gasteiger partial charge in [0.15, 0.2) is 0 Å². The Morgan fingerprint density at radius 1 is 1.17 bits per heavy atom. The van der Waals surface area contributed by atoms with E-state index in [9.17, 15) is 4.79 Å². The Hall–Kier alpha value is -0.570. The monoisotopic (exact) mass is 255 g/mol. The molecule has 0 heterocycles. The molecule has 0 aromatic carbocycles. The number of carbonyl (C=O) groups excluding carboxylic acids is 1. The lowest BCUT2D eigenvalue weighted by molar-refractivity contribution is -0.147. The van der Waals surface area contributed by atoms with Crippen LogP contribution in [-0.2, 0) is 9.53 Å². The maximum atomic E-state index is 11.8. The highest BCUT2D eigenvalue weighted by Crippen LogP contribution is 2.26. The summed E-state index contributed by atoms with van der Waals surface area (Å²) < 4.78 is 5.27. The predicted octanol–water partition coefficient (Wildman–Crippen LogP) is 3.41. The van der Waals surface area contributed by atoms with Gasteiger partial charge in [0.2, 0.25) is 0 Å². The molecule has 0 spiro atoms. The van der Waals surface area contributed by atoms with Gasteiger partial charge in [-0.25, -0.2) is 0 Å². The molecule has 0 aromatic rings. The van der Waals surface area contributed by atoms with Crippen molar-refractivity contribution in [2.24, 2.45) is 11.7 Å². The van der Waals surface area contributed by atoms with E-state index >= 15 is 0 Å². The van der Waals surface area contributed by atoms with Crippen molar-refractivity contribution >= 4 is 5.97 Å². The smallest absolute Gasteiger partial charge is 0.323 e. The molecule has 106 valence electrons. The summed E-state index contributed by atoms with van der Waals surface area (Å²) in [5, 5.41) is 0. The van der Waals surface area contributed by atoms with Crippen molar-refractivity contribution in [3.05, 3.63) is 0 Å². The van der Waals surface area contributed by atoms with Gasteiger partial charge in [0, 0.05) is 0 Å². The second-order valence-corrected chi connectivity index (χ2v) is 5.51. The maximum Gasteiger partial charge on any atom is 0.323 e. The number of ether oxygens (including phenoxy) is 1. The molecule has 1 rings (SSSR count). The van der Waals surface area contributed by atoms with Crippen molar-refractivity contribution in [3.8, 4) is 0 Å². The Bertz CT molecular complexity index is 225. The van der Waals surface area contributed by atoms with E-state index in [1.54, 1.807) is 0 Å². The van der Waals surface area contributed by atoms with Gasteiger partial charge in [-0.05, 0) is 25.2 Å². The average Bonchev–Trinajstić information content (AvgIpc) is 2.42. The van der Waals surface area contributed by atoms with Gasteiger partial charge in [-0.3, -0.25) is 4.79 Å². The zero-order valence-corrected chi connectivity index (χ0v) is 11.8. The molecule has 0 radical (unpaired) electrons. The first-order chi connectivity index (χ1) is 8.75. The highest BCUT2D eigenvalue weighted by atomic mass is 16.5. The molecule has 3 heteroatoms. The van der Waals surface area contributed by atoms with Crippen molar-refractivity contribution in [1.82, 2.24) is 0 Å². The third-order valence-electron chi connectivity index (χ3n) is 3.92. The van der Waals surface area contributed by atoms with E-state index in [0.717, 1.165) is 25.7 Å². The number of hydrogen-bond acceptors (Lipinski definition) is 3. The van der Waals surface area contributed by atoms with Gasteiger partial charge < -0.3 is 10.5 Å². The first kappa shape index (κ1) is 15.5. The van der Waals surface area contributed by atoms with E-state index in [1.165, 1.54) is 38.5 Å². The second-order valence-electron chi connectivity index (χ2n) is 5.51. The van der Waals surface area contributed by atoms with Crippen LogP contribution in [0.5, 0.6) is 0 Å². The highest BCUT2D eigenvalue weighted by molar-refractivity contribution is 5.75. The summed E-state index contributed by atoms with van der Waals surface area (Å²) in [6, 6.07) is -0.388. The summed E-state index contributed by atoms with van der Waals surface area (Å²) in [4.78, 5) is 11.8. The Labute approximate surface area is 111 Å². The second kappa shape index (κ2) is 9.37. The lowest BCUT2D eigenvalue weighted by Gasteiger charge is -2.25. The Morgan fingerprint density at radius 3 is 2.50 bits per heavy atom. The molecular formula is C15H29NO2. The molecule has 0 bridgehead atoms. The lowest BCUT2D eigenvalue weighted by atomic mass is 9.84. The van der Waals surface area contributed by atoms with Gasteiger partial charge in [0.1, 0.15) is 6.04 Å². The van der Waals surface area contributed by atoms with Gasteiger partial charge in [-0.15, -0.1) is 0 Å². The van der Waals surface area contributed by atoms with E-state index < -0.39 is 0 Å². The summed E-state index contributed by atoms with van der Waals surface area (Å²) in [7, 11) is 0. The van der Waals surface area contributed by atoms with Crippen molar-refractivity contribution in [1.29, 1.82) is 0 Å². The molecular weight excluding hydrogens is 226 g/mol. The summed E-state index contributed by atoms with van der Waals surface area (Å²) in [5.41, 5.74) is 5.98. The predicted molar refractivity (Wildman–Crippen MR) is 74.3 cm³/mol. The van der Waals surface area contributed by atoms with Crippen molar-refractivity contribution in [2.75, 3.05) is 6.61 Å². The standard InChI is InChI=1S/C15H29NO2/c1-2-3-4-5-9-12-18-15(17)14(16)13-10-7-6-8-11-13/h13-14H,2-12,16H2,1H3. The van der Waals surface area contributed by atoms with Gasteiger partial charge >= 0.3 is 5.97 Å². The SMILES string of the molecule is CCCCCCCOC(=O)C(N)C1CCCCC1. The van der Waals surface area contributed by atoms with E-state index in [1.807, 2.05) is 0 Å². The number of rotatable bonds is 8. The van der Waals surface area contributed by atoms with E-state index in [-0.39, 0.29) is 12.0 Å². The minimum Gasteiger partial charge on any atom is -0.465 e. The molecule has 3 nitrogen and oxygen atoms in total.